The SMILES string of the molecule is COC(=O)C1=C(C)N=c2s/c(=C/c3cccc(OC)c3O)c(=O)n2C1c1ccccc1. The van der Waals surface area contributed by atoms with Crippen LogP contribution < -0.4 is 19.6 Å². The summed E-state index contributed by atoms with van der Waals surface area (Å²) in [5.41, 5.74) is 1.72. The monoisotopic (exact) mass is 436 g/mol. The topological polar surface area (TPSA) is 90.1 Å². The lowest BCUT2D eigenvalue weighted by Crippen LogP contribution is -2.39. The fraction of sp³-hybridized carbons (Fsp3) is 0.174. The van der Waals surface area contributed by atoms with Crippen molar-refractivity contribution in [3.8, 4) is 11.5 Å². The van der Waals surface area contributed by atoms with E-state index in [0.717, 1.165) is 5.56 Å². The second-order valence-electron chi connectivity index (χ2n) is 6.88. The van der Waals surface area contributed by atoms with E-state index in [4.69, 9.17) is 9.47 Å². The highest BCUT2D eigenvalue weighted by atomic mass is 32.1. The summed E-state index contributed by atoms with van der Waals surface area (Å²) in [4.78, 5) is 31.0. The van der Waals surface area contributed by atoms with Crippen molar-refractivity contribution in [3.63, 3.8) is 0 Å². The van der Waals surface area contributed by atoms with Gasteiger partial charge in [-0.15, -0.1) is 0 Å². The van der Waals surface area contributed by atoms with E-state index < -0.39 is 12.0 Å². The van der Waals surface area contributed by atoms with E-state index in [0.29, 0.717) is 31.9 Å². The zero-order valence-corrected chi connectivity index (χ0v) is 18.0. The lowest BCUT2D eigenvalue weighted by atomic mass is 9.96. The Morgan fingerprint density at radius 3 is 2.58 bits per heavy atom. The molecule has 0 bridgehead atoms. The number of hydrogen-bond acceptors (Lipinski definition) is 7. The van der Waals surface area contributed by atoms with Gasteiger partial charge in [-0.05, 0) is 24.6 Å². The third kappa shape index (κ3) is 3.55. The van der Waals surface area contributed by atoms with Gasteiger partial charge in [-0.3, -0.25) is 9.36 Å². The molecule has 0 saturated heterocycles. The van der Waals surface area contributed by atoms with Crippen molar-refractivity contribution in [2.24, 2.45) is 4.99 Å². The normalized spacial score (nSPS) is 16.0. The van der Waals surface area contributed by atoms with Crippen LogP contribution in [0.1, 0.15) is 24.1 Å². The van der Waals surface area contributed by atoms with Gasteiger partial charge in [-0.25, -0.2) is 9.79 Å². The molecule has 0 radical (unpaired) electrons. The predicted octanol–water partition coefficient (Wildman–Crippen LogP) is 2.12. The zero-order chi connectivity index (χ0) is 22.1. The first-order valence-corrected chi connectivity index (χ1v) is 10.3. The maximum absolute atomic E-state index is 13.4. The van der Waals surface area contributed by atoms with Crippen LogP contribution in [-0.4, -0.2) is 29.9 Å². The van der Waals surface area contributed by atoms with Crippen molar-refractivity contribution in [2.45, 2.75) is 13.0 Å². The number of methoxy groups -OCH3 is 2. The van der Waals surface area contributed by atoms with Crippen LogP contribution in [-0.2, 0) is 9.53 Å². The smallest absolute Gasteiger partial charge is 0.338 e. The van der Waals surface area contributed by atoms with Crippen LogP contribution in [0.3, 0.4) is 0 Å². The molecule has 8 heteroatoms. The second kappa shape index (κ2) is 8.23. The number of allylic oxidation sites excluding steroid dienone is 1. The lowest BCUT2D eigenvalue weighted by molar-refractivity contribution is -0.136. The van der Waals surface area contributed by atoms with E-state index in [1.165, 1.54) is 30.1 Å². The van der Waals surface area contributed by atoms with Gasteiger partial charge in [-0.1, -0.05) is 53.8 Å². The number of thiazole rings is 1. The molecule has 1 aliphatic heterocycles. The van der Waals surface area contributed by atoms with E-state index in [9.17, 15) is 14.7 Å². The molecule has 0 saturated carbocycles. The Hall–Kier alpha value is -3.65. The number of rotatable bonds is 4. The first-order valence-electron chi connectivity index (χ1n) is 9.48. The van der Waals surface area contributed by atoms with Crippen LogP contribution in [0.5, 0.6) is 11.5 Å². The molecule has 3 aromatic rings. The van der Waals surface area contributed by atoms with Gasteiger partial charge in [0.05, 0.1) is 36.1 Å². The van der Waals surface area contributed by atoms with Crippen molar-refractivity contribution in [1.29, 1.82) is 0 Å². The highest BCUT2D eigenvalue weighted by Crippen LogP contribution is 2.31. The van der Waals surface area contributed by atoms with Crippen molar-refractivity contribution in [3.05, 3.63) is 90.6 Å². The molecule has 1 aliphatic rings. The summed E-state index contributed by atoms with van der Waals surface area (Å²) in [7, 11) is 2.77. The van der Waals surface area contributed by atoms with E-state index >= 15 is 0 Å². The van der Waals surface area contributed by atoms with Gasteiger partial charge in [0.15, 0.2) is 16.3 Å². The number of carbonyl (C=O) groups excluding carboxylic acids is 1. The van der Waals surface area contributed by atoms with Crippen molar-refractivity contribution in [1.82, 2.24) is 4.57 Å². The Balaban J connectivity index is 1.98. The number of hydrogen-bond donors (Lipinski definition) is 1. The molecule has 1 aromatic heterocycles. The van der Waals surface area contributed by atoms with Crippen LogP contribution in [0.4, 0.5) is 0 Å². The molecule has 1 unspecified atom stereocenters. The van der Waals surface area contributed by atoms with E-state index in [1.54, 1.807) is 31.2 Å². The summed E-state index contributed by atoms with van der Waals surface area (Å²) in [6.07, 6.45) is 1.60. The lowest BCUT2D eigenvalue weighted by Gasteiger charge is -2.24. The zero-order valence-electron chi connectivity index (χ0n) is 17.2. The minimum atomic E-state index is -0.661. The summed E-state index contributed by atoms with van der Waals surface area (Å²) in [5, 5.41) is 10.4. The fourth-order valence-corrected chi connectivity index (χ4v) is 4.64. The number of phenolic OH excluding ortho intramolecular Hbond substituents is 1. The molecule has 1 atom stereocenters. The average molecular weight is 436 g/mol. The van der Waals surface area contributed by atoms with Gasteiger partial charge in [0.2, 0.25) is 0 Å². The predicted molar refractivity (Wildman–Crippen MR) is 117 cm³/mol. The number of benzene rings is 2. The van der Waals surface area contributed by atoms with Crippen LogP contribution in [0.25, 0.3) is 6.08 Å². The molecule has 0 fully saturated rings. The summed E-state index contributed by atoms with van der Waals surface area (Å²) in [5.74, 6) is -0.274. The van der Waals surface area contributed by atoms with E-state index in [2.05, 4.69) is 4.99 Å². The Morgan fingerprint density at radius 1 is 1.16 bits per heavy atom. The maximum Gasteiger partial charge on any atom is 0.338 e. The Labute approximate surface area is 181 Å². The second-order valence-corrected chi connectivity index (χ2v) is 7.89. The first kappa shape index (κ1) is 20.6. The molecule has 31 heavy (non-hydrogen) atoms. The van der Waals surface area contributed by atoms with E-state index in [1.807, 2.05) is 30.3 Å². The minimum Gasteiger partial charge on any atom is -0.504 e. The van der Waals surface area contributed by atoms with Gasteiger partial charge in [0.25, 0.3) is 5.56 Å². The number of carbonyl (C=O) groups is 1. The van der Waals surface area contributed by atoms with Crippen LogP contribution >= 0.6 is 11.3 Å². The molecular formula is C23H20N2O5S. The summed E-state index contributed by atoms with van der Waals surface area (Å²) < 4.78 is 12.0. The Bertz CT molecular complexity index is 1370. The summed E-state index contributed by atoms with van der Waals surface area (Å²) in [6.45, 7) is 1.73. The van der Waals surface area contributed by atoms with E-state index in [-0.39, 0.29) is 11.3 Å². The van der Waals surface area contributed by atoms with Crippen LogP contribution in [0.15, 0.2) is 69.6 Å². The molecule has 0 aliphatic carbocycles. The molecule has 1 N–H and O–H groups in total. The number of esters is 1. The van der Waals surface area contributed by atoms with Gasteiger partial charge >= 0.3 is 5.97 Å². The van der Waals surface area contributed by atoms with Crippen molar-refractivity contribution < 1.29 is 19.4 Å². The molecule has 4 rings (SSSR count). The standard InChI is InChI=1S/C23H20N2O5S/c1-13-18(22(28)30-3)19(14-8-5-4-6-9-14)25-21(27)17(31-23(25)24-13)12-15-10-7-11-16(29-2)20(15)26/h4-12,19,26H,1-3H3/b17-12+. The molecule has 2 aromatic carbocycles. The van der Waals surface area contributed by atoms with Gasteiger partial charge < -0.3 is 14.6 Å². The number of fused-ring (bicyclic) bond motifs is 1. The average Bonchev–Trinajstić information content (AvgIpc) is 3.09. The minimum absolute atomic E-state index is 0.0538. The third-order valence-corrected chi connectivity index (χ3v) is 6.06. The largest absolute Gasteiger partial charge is 0.504 e. The quantitative estimate of drug-likeness (QED) is 0.633. The summed E-state index contributed by atoms with van der Waals surface area (Å²) >= 11 is 1.19. The first-order chi connectivity index (χ1) is 15.0. The van der Waals surface area contributed by atoms with Gasteiger partial charge in [-0.2, -0.15) is 0 Å². The molecule has 0 spiro atoms. The number of ether oxygens (including phenoxy) is 2. The molecule has 7 nitrogen and oxygen atoms in total. The van der Waals surface area contributed by atoms with Crippen LogP contribution in [0, 0.1) is 0 Å². The number of aromatic hydroxyl groups is 1. The Morgan fingerprint density at radius 2 is 1.90 bits per heavy atom. The number of para-hydroxylation sites is 1. The fourth-order valence-electron chi connectivity index (χ4n) is 3.61. The van der Waals surface area contributed by atoms with Gasteiger partial charge in [0.1, 0.15) is 0 Å². The van der Waals surface area contributed by atoms with Crippen LogP contribution in [0.2, 0.25) is 0 Å². The molecule has 0 amide bonds. The number of phenols is 1. The third-order valence-electron chi connectivity index (χ3n) is 5.08. The Kier molecular flexibility index (Phi) is 5.48. The summed E-state index contributed by atoms with van der Waals surface area (Å²) in [6, 6.07) is 13.7. The molecule has 2 heterocycles. The maximum atomic E-state index is 13.4. The molecule has 158 valence electrons. The highest BCUT2D eigenvalue weighted by molar-refractivity contribution is 7.07. The molecular weight excluding hydrogens is 416 g/mol. The number of aromatic nitrogens is 1. The highest BCUT2D eigenvalue weighted by Gasteiger charge is 2.32. The van der Waals surface area contributed by atoms with Crippen molar-refractivity contribution in [2.75, 3.05) is 14.2 Å². The van der Waals surface area contributed by atoms with Gasteiger partial charge in [0, 0.05) is 5.56 Å². The number of nitrogens with zero attached hydrogens (tertiary/aromatic N) is 2. The van der Waals surface area contributed by atoms with Crippen molar-refractivity contribution >= 4 is 23.4 Å².